The molecule has 0 aliphatic heterocycles. The van der Waals surface area contributed by atoms with Crippen LogP contribution in [-0.2, 0) is 12.5 Å². The normalized spacial score (nSPS) is 10.4. The van der Waals surface area contributed by atoms with Gasteiger partial charge in [0.2, 0.25) is 0 Å². The van der Waals surface area contributed by atoms with Gasteiger partial charge in [-0.1, -0.05) is 28.1 Å². The van der Waals surface area contributed by atoms with Gasteiger partial charge in [0.15, 0.2) is 0 Å². The van der Waals surface area contributed by atoms with Crippen LogP contribution < -0.4 is 9.47 Å². The highest BCUT2D eigenvalue weighted by Crippen LogP contribution is 2.27. The predicted molar refractivity (Wildman–Crippen MR) is 81.0 cm³/mol. The molecule has 0 unspecified atom stereocenters. The molecule has 2 nitrogen and oxygen atoms in total. The van der Waals surface area contributed by atoms with Crippen LogP contribution in [0, 0.1) is 5.82 Å². The van der Waals surface area contributed by atoms with E-state index in [0.717, 1.165) is 5.56 Å². The predicted octanol–water partition coefficient (Wildman–Crippen LogP) is 4.91. The van der Waals surface area contributed by atoms with Crippen molar-refractivity contribution in [2.24, 2.45) is 0 Å². The maximum absolute atomic E-state index is 13.7. The van der Waals surface area contributed by atoms with Crippen LogP contribution in [0.3, 0.4) is 0 Å². The minimum absolute atomic E-state index is 0.135. The van der Waals surface area contributed by atoms with Gasteiger partial charge in [-0.15, -0.1) is 11.6 Å². The smallest absolute Gasteiger partial charge is 0.130 e. The Morgan fingerprint density at radius 2 is 1.90 bits per heavy atom. The lowest BCUT2D eigenvalue weighted by Crippen LogP contribution is -2.00. The van der Waals surface area contributed by atoms with Gasteiger partial charge >= 0.3 is 0 Å². The number of halogens is 3. The van der Waals surface area contributed by atoms with Gasteiger partial charge in [0, 0.05) is 21.7 Å². The number of ether oxygens (including phenoxy) is 2. The highest BCUT2D eigenvalue weighted by Gasteiger charge is 2.08. The molecule has 2 aromatic rings. The van der Waals surface area contributed by atoms with Gasteiger partial charge in [0.25, 0.3) is 0 Å². The molecule has 0 aromatic heterocycles. The quantitative estimate of drug-likeness (QED) is 0.706. The molecule has 0 saturated carbocycles. The Kier molecular flexibility index (Phi) is 5.26. The maximum atomic E-state index is 13.7. The van der Waals surface area contributed by atoms with E-state index in [1.54, 1.807) is 25.3 Å². The second kappa shape index (κ2) is 6.95. The van der Waals surface area contributed by atoms with Crippen LogP contribution in [0.15, 0.2) is 40.9 Å². The number of methoxy groups -OCH3 is 1. The van der Waals surface area contributed by atoms with E-state index in [1.165, 1.54) is 6.07 Å². The van der Waals surface area contributed by atoms with Gasteiger partial charge in [-0.25, -0.2) is 4.39 Å². The van der Waals surface area contributed by atoms with E-state index in [4.69, 9.17) is 21.1 Å². The van der Waals surface area contributed by atoms with E-state index in [2.05, 4.69) is 15.9 Å². The Morgan fingerprint density at radius 1 is 1.15 bits per heavy atom. The van der Waals surface area contributed by atoms with Crippen molar-refractivity contribution < 1.29 is 13.9 Å². The lowest BCUT2D eigenvalue weighted by molar-refractivity contribution is 0.295. The van der Waals surface area contributed by atoms with Crippen molar-refractivity contribution >= 4 is 27.5 Å². The Bertz CT molecular complexity index is 604. The first kappa shape index (κ1) is 15.1. The number of alkyl halides is 1. The van der Waals surface area contributed by atoms with E-state index in [0.29, 0.717) is 27.4 Å². The summed E-state index contributed by atoms with van der Waals surface area (Å²) in [6.45, 7) is 0.135. The van der Waals surface area contributed by atoms with Crippen molar-refractivity contribution in [2.45, 2.75) is 12.5 Å². The first-order valence-electron chi connectivity index (χ1n) is 5.93. The van der Waals surface area contributed by atoms with Crippen LogP contribution >= 0.6 is 27.5 Å². The summed E-state index contributed by atoms with van der Waals surface area (Å²) in [6.07, 6.45) is 0. The highest BCUT2D eigenvalue weighted by molar-refractivity contribution is 9.10. The van der Waals surface area contributed by atoms with Crippen molar-refractivity contribution in [3.8, 4) is 11.5 Å². The average Bonchev–Trinajstić information content (AvgIpc) is 2.46. The van der Waals surface area contributed by atoms with Crippen molar-refractivity contribution in [2.75, 3.05) is 7.11 Å². The van der Waals surface area contributed by atoms with E-state index in [-0.39, 0.29) is 12.4 Å². The molecule has 5 heteroatoms. The second-order valence-corrected chi connectivity index (χ2v) is 5.31. The zero-order valence-corrected chi connectivity index (χ0v) is 13.2. The summed E-state index contributed by atoms with van der Waals surface area (Å²) in [5.41, 5.74) is 1.32. The summed E-state index contributed by atoms with van der Waals surface area (Å²) in [6, 6.07) is 10.3. The molecular weight excluding hydrogens is 347 g/mol. The van der Waals surface area contributed by atoms with Crippen LogP contribution in [0.5, 0.6) is 11.5 Å². The molecular formula is C15H13BrClFO2. The zero-order chi connectivity index (χ0) is 14.5. The van der Waals surface area contributed by atoms with Gasteiger partial charge in [-0.3, -0.25) is 0 Å². The van der Waals surface area contributed by atoms with Gasteiger partial charge in [-0.2, -0.15) is 0 Å². The summed E-state index contributed by atoms with van der Waals surface area (Å²) < 4.78 is 25.2. The zero-order valence-electron chi connectivity index (χ0n) is 10.8. The Labute approximate surface area is 130 Å². The number of hydrogen-bond donors (Lipinski definition) is 0. The molecule has 20 heavy (non-hydrogen) atoms. The molecule has 0 aliphatic rings. The van der Waals surface area contributed by atoms with Crippen molar-refractivity contribution in [1.29, 1.82) is 0 Å². The number of benzene rings is 2. The maximum Gasteiger partial charge on any atom is 0.130 e. The molecule has 0 heterocycles. The lowest BCUT2D eigenvalue weighted by atomic mass is 10.2. The lowest BCUT2D eigenvalue weighted by Gasteiger charge is -2.12. The Morgan fingerprint density at radius 3 is 2.55 bits per heavy atom. The van der Waals surface area contributed by atoms with Crippen LogP contribution in [-0.4, -0.2) is 7.11 Å². The van der Waals surface area contributed by atoms with Crippen molar-refractivity contribution in [3.05, 3.63) is 57.8 Å². The van der Waals surface area contributed by atoms with E-state index in [9.17, 15) is 4.39 Å². The second-order valence-electron chi connectivity index (χ2n) is 4.13. The topological polar surface area (TPSA) is 18.5 Å². The van der Waals surface area contributed by atoms with E-state index in [1.807, 2.05) is 12.1 Å². The molecule has 0 fully saturated rings. The standard InChI is InChI=1S/C15H13BrClFO2/c1-19-13-5-3-10(8-17)15(7-13)20-9-11-2-4-12(16)6-14(11)18/h2-7H,8-9H2,1H3. The molecule has 0 radical (unpaired) electrons. The molecule has 0 saturated heterocycles. The average molecular weight is 360 g/mol. The highest BCUT2D eigenvalue weighted by atomic mass is 79.9. The summed E-state index contributed by atoms with van der Waals surface area (Å²) in [4.78, 5) is 0. The Hall–Kier alpha value is -1.26. The first-order valence-corrected chi connectivity index (χ1v) is 7.26. The molecule has 2 rings (SSSR count). The fourth-order valence-electron chi connectivity index (χ4n) is 1.70. The van der Waals surface area contributed by atoms with E-state index < -0.39 is 0 Å². The summed E-state index contributed by atoms with van der Waals surface area (Å²) in [7, 11) is 1.58. The number of hydrogen-bond acceptors (Lipinski definition) is 2. The molecule has 106 valence electrons. The number of rotatable bonds is 5. The van der Waals surface area contributed by atoms with Crippen LogP contribution in [0.25, 0.3) is 0 Å². The molecule has 0 spiro atoms. The van der Waals surface area contributed by atoms with Crippen LogP contribution in [0.4, 0.5) is 4.39 Å². The van der Waals surface area contributed by atoms with Crippen molar-refractivity contribution in [3.63, 3.8) is 0 Å². The Balaban J connectivity index is 2.17. The molecule has 0 atom stereocenters. The minimum atomic E-state index is -0.310. The minimum Gasteiger partial charge on any atom is -0.497 e. The van der Waals surface area contributed by atoms with Gasteiger partial charge in [0.05, 0.1) is 13.0 Å². The van der Waals surface area contributed by atoms with Gasteiger partial charge in [0.1, 0.15) is 23.9 Å². The molecule has 0 N–H and O–H groups in total. The van der Waals surface area contributed by atoms with Crippen molar-refractivity contribution in [1.82, 2.24) is 0 Å². The SMILES string of the molecule is COc1ccc(CCl)c(OCc2ccc(Br)cc2F)c1. The molecule has 2 aromatic carbocycles. The van der Waals surface area contributed by atoms with E-state index >= 15 is 0 Å². The summed E-state index contributed by atoms with van der Waals surface area (Å²) in [5.74, 6) is 1.28. The summed E-state index contributed by atoms with van der Waals surface area (Å²) in [5, 5.41) is 0. The third kappa shape index (κ3) is 3.64. The molecule has 0 aliphatic carbocycles. The first-order chi connectivity index (χ1) is 9.63. The monoisotopic (exact) mass is 358 g/mol. The van der Waals surface area contributed by atoms with Crippen LogP contribution in [0.1, 0.15) is 11.1 Å². The van der Waals surface area contributed by atoms with Gasteiger partial charge < -0.3 is 9.47 Å². The third-order valence-electron chi connectivity index (χ3n) is 2.82. The third-order valence-corrected chi connectivity index (χ3v) is 3.60. The largest absolute Gasteiger partial charge is 0.497 e. The van der Waals surface area contributed by atoms with Crippen LogP contribution in [0.2, 0.25) is 0 Å². The fourth-order valence-corrected chi connectivity index (χ4v) is 2.25. The molecule has 0 bridgehead atoms. The van der Waals surface area contributed by atoms with Gasteiger partial charge in [-0.05, 0) is 18.2 Å². The molecule has 0 amide bonds. The fraction of sp³-hybridized carbons (Fsp3) is 0.200. The summed E-state index contributed by atoms with van der Waals surface area (Å²) >= 11 is 9.08.